The number of rotatable bonds is 2. The summed E-state index contributed by atoms with van der Waals surface area (Å²) in [4.78, 5) is 0. The summed E-state index contributed by atoms with van der Waals surface area (Å²) in [6, 6.07) is 2.87. The Morgan fingerprint density at radius 2 is 1.80 bits per heavy atom. The van der Waals surface area contributed by atoms with E-state index in [-0.39, 0.29) is 5.03 Å². The van der Waals surface area contributed by atoms with Crippen LogP contribution in [0.2, 0.25) is 0 Å². The van der Waals surface area contributed by atoms with Gasteiger partial charge in [0.1, 0.15) is 0 Å². The molecule has 15 heavy (non-hydrogen) atoms. The molecule has 0 fully saturated rings. The molecule has 0 spiro atoms. The number of nitrogens with zero attached hydrogens (tertiary/aromatic N) is 2. The summed E-state index contributed by atoms with van der Waals surface area (Å²) >= 11 is 0. The molecule has 6 heteroatoms. The SMILES string of the molecule is COc1ccc(S(=O)(=O)C(C)(C)C)nn1. The maximum atomic E-state index is 11.9. The molecule has 1 aromatic heterocycles. The number of hydrogen-bond acceptors (Lipinski definition) is 5. The minimum Gasteiger partial charge on any atom is -0.480 e. The number of methoxy groups -OCH3 is 1. The van der Waals surface area contributed by atoms with E-state index in [1.54, 1.807) is 20.8 Å². The third-order valence-corrected chi connectivity index (χ3v) is 4.29. The van der Waals surface area contributed by atoms with E-state index in [9.17, 15) is 8.42 Å². The quantitative estimate of drug-likeness (QED) is 0.759. The third kappa shape index (κ3) is 2.26. The second-order valence-electron chi connectivity index (χ2n) is 4.03. The van der Waals surface area contributed by atoms with Gasteiger partial charge in [-0.15, -0.1) is 10.2 Å². The van der Waals surface area contributed by atoms with E-state index in [1.165, 1.54) is 19.2 Å². The van der Waals surface area contributed by atoms with Crippen molar-refractivity contribution in [2.45, 2.75) is 30.5 Å². The maximum absolute atomic E-state index is 11.9. The van der Waals surface area contributed by atoms with Gasteiger partial charge in [-0.3, -0.25) is 0 Å². The molecule has 1 heterocycles. The second-order valence-corrected chi connectivity index (χ2v) is 6.68. The van der Waals surface area contributed by atoms with Gasteiger partial charge in [-0.25, -0.2) is 8.42 Å². The van der Waals surface area contributed by atoms with Crippen molar-refractivity contribution in [1.82, 2.24) is 10.2 Å². The smallest absolute Gasteiger partial charge is 0.233 e. The summed E-state index contributed by atoms with van der Waals surface area (Å²) in [5.41, 5.74) is 0. The maximum Gasteiger partial charge on any atom is 0.233 e. The van der Waals surface area contributed by atoms with E-state index >= 15 is 0 Å². The summed E-state index contributed by atoms with van der Waals surface area (Å²) in [6.07, 6.45) is 0. The molecule has 0 saturated heterocycles. The Kier molecular flexibility index (Phi) is 2.99. The van der Waals surface area contributed by atoms with Gasteiger partial charge in [-0.05, 0) is 26.8 Å². The van der Waals surface area contributed by atoms with Crippen LogP contribution < -0.4 is 4.74 Å². The fourth-order valence-corrected chi connectivity index (χ4v) is 1.90. The van der Waals surface area contributed by atoms with Crippen molar-refractivity contribution in [3.05, 3.63) is 12.1 Å². The van der Waals surface area contributed by atoms with E-state index in [4.69, 9.17) is 4.74 Å². The molecule has 0 unspecified atom stereocenters. The molecule has 5 nitrogen and oxygen atoms in total. The van der Waals surface area contributed by atoms with Crippen LogP contribution >= 0.6 is 0 Å². The summed E-state index contributed by atoms with van der Waals surface area (Å²) < 4.78 is 27.7. The molecular weight excluding hydrogens is 216 g/mol. The van der Waals surface area contributed by atoms with Gasteiger partial charge < -0.3 is 4.74 Å². The van der Waals surface area contributed by atoms with Gasteiger partial charge in [0.05, 0.1) is 11.9 Å². The average Bonchev–Trinajstić information content (AvgIpc) is 2.16. The van der Waals surface area contributed by atoms with Gasteiger partial charge in [-0.1, -0.05) is 0 Å². The molecule has 0 saturated carbocycles. The van der Waals surface area contributed by atoms with Crippen LogP contribution in [0.15, 0.2) is 17.2 Å². The van der Waals surface area contributed by atoms with E-state index in [0.717, 1.165) is 0 Å². The van der Waals surface area contributed by atoms with Crippen LogP contribution in [0.25, 0.3) is 0 Å². The number of aromatic nitrogens is 2. The van der Waals surface area contributed by atoms with E-state index in [0.29, 0.717) is 5.88 Å². The van der Waals surface area contributed by atoms with Crippen LogP contribution in [0, 0.1) is 0 Å². The molecule has 0 N–H and O–H groups in total. The van der Waals surface area contributed by atoms with E-state index < -0.39 is 14.6 Å². The normalized spacial score (nSPS) is 12.5. The van der Waals surface area contributed by atoms with Crippen LogP contribution in [0.1, 0.15) is 20.8 Å². The molecule has 0 atom stereocenters. The van der Waals surface area contributed by atoms with E-state index in [1.807, 2.05) is 0 Å². The number of hydrogen-bond donors (Lipinski definition) is 0. The van der Waals surface area contributed by atoms with Crippen molar-refractivity contribution in [3.63, 3.8) is 0 Å². The van der Waals surface area contributed by atoms with Crippen LogP contribution in [-0.4, -0.2) is 30.5 Å². The van der Waals surface area contributed by atoms with Crippen LogP contribution in [0.3, 0.4) is 0 Å². The Morgan fingerprint density at radius 1 is 1.20 bits per heavy atom. The number of sulfone groups is 1. The Hall–Kier alpha value is -1.17. The lowest BCUT2D eigenvalue weighted by Crippen LogP contribution is -2.28. The molecule has 0 aliphatic carbocycles. The van der Waals surface area contributed by atoms with Crippen molar-refractivity contribution < 1.29 is 13.2 Å². The van der Waals surface area contributed by atoms with Crippen molar-refractivity contribution in [2.24, 2.45) is 0 Å². The zero-order valence-corrected chi connectivity index (χ0v) is 10.00. The molecular formula is C9H14N2O3S. The monoisotopic (exact) mass is 230 g/mol. The minimum absolute atomic E-state index is 0.0317. The Balaban J connectivity index is 3.18. The molecule has 84 valence electrons. The molecule has 0 aliphatic rings. The highest BCUT2D eigenvalue weighted by atomic mass is 32.2. The van der Waals surface area contributed by atoms with Gasteiger partial charge in [0.25, 0.3) is 0 Å². The molecule has 0 amide bonds. The van der Waals surface area contributed by atoms with Crippen molar-refractivity contribution in [2.75, 3.05) is 7.11 Å². The second kappa shape index (κ2) is 3.77. The topological polar surface area (TPSA) is 69.2 Å². The lowest BCUT2D eigenvalue weighted by Gasteiger charge is -2.17. The lowest BCUT2D eigenvalue weighted by atomic mass is 10.3. The molecule has 0 bridgehead atoms. The lowest BCUT2D eigenvalue weighted by molar-refractivity contribution is 0.389. The number of ether oxygens (including phenoxy) is 1. The molecule has 0 aromatic carbocycles. The highest BCUT2D eigenvalue weighted by molar-refractivity contribution is 7.92. The summed E-state index contributed by atoms with van der Waals surface area (Å²) in [5, 5.41) is 7.22. The van der Waals surface area contributed by atoms with Crippen molar-refractivity contribution in [3.8, 4) is 5.88 Å². The van der Waals surface area contributed by atoms with Crippen LogP contribution in [-0.2, 0) is 9.84 Å². The van der Waals surface area contributed by atoms with Crippen molar-refractivity contribution in [1.29, 1.82) is 0 Å². The Bertz CT molecular complexity index is 431. The first kappa shape index (κ1) is 11.9. The van der Waals surface area contributed by atoms with Gasteiger partial charge in [0.2, 0.25) is 15.7 Å². The Morgan fingerprint density at radius 3 is 2.13 bits per heavy atom. The minimum atomic E-state index is -3.43. The van der Waals surface area contributed by atoms with Crippen LogP contribution in [0.5, 0.6) is 5.88 Å². The van der Waals surface area contributed by atoms with Crippen molar-refractivity contribution >= 4 is 9.84 Å². The summed E-state index contributed by atoms with van der Waals surface area (Å²) in [5.74, 6) is 0.294. The highest BCUT2D eigenvalue weighted by Crippen LogP contribution is 2.23. The van der Waals surface area contributed by atoms with Gasteiger partial charge >= 0.3 is 0 Å². The Labute approximate surface area is 89.4 Å². The molecule has 1 rings (SSSR count). The largest absolute Gasteiger partial charge is 0.480 e. The fourth-order valence-electron chi connectivity index (χ4n) is 0.874. The zero-order valence-electron chi connectivity index (χ0n) is 9.18. The predicted molar refractivity (Wildman–Crippen MR) is 55.5 cm³/mol. The van der Waals surface area contributed by atoms with Gasteiger partial charge in [-0.2, -0.15) is 0 Å². The predicted octanol–water partition coefficient (Wildman–Crippen LogP) is 1.06. The fraction of sp³-hybridized carbons (Fsp3) is 0.556. The highest BCUT2D eigenvalue weighted by Gasteiger charge is 2.32. The van der Waals surface area contributed by atoms with Crippen LogP contribution in [0.4, 0.5) is 0 Å². The first-order valence-corrected chi connectivity index (χ1v) is 5.90. The standard InChI is InChI=1S/C9H14N2O3S/c1-9(2,3)15(12,13)8-6-5-7(14-4)10-11-8/h5-6H,1-4H3. The van der Waals surface area contributed by atoms with Gasteiger partial charge in [0.15, 0.2) is 5.03 Å². The zero-order chi connectivity index (χ0) is 11.7. The first-order chi connectivity index (χ1) is 6.79. The van der Waals surface area contributed by atoms with Gasteiger partial charge in [0, 0.05) is 6.07 Å². The molecule has 0 radical (unpaired) electrons. The summed E-state index contributed by atoms with van der Waals surface area (Å²) in [6.45, 7) is 4.86. The summed E-state index contributed by atoms with van der Waals surface area (Å²) in [7, 11) is -1.98. The first-order valence-electron chi connectivity index (χ1n) is 4.41. The molecule has 1 aromatic rings. The van der Waals surface area contributed by atoms with E-state index in [2.05, 4.69) is 10.2 Å². The molecule has 0 aliphatic heterocycles. The third-order valence-electron chi connectivity index (χ3n) is 1.91. The average molecular weight is 230 g/mol.